The van der Waals surface area contributed by atoms with Crippen LogP contribution in [0.3, 0.4) is 0 Å². The minimum atomic E-state index is -0.368. The third-order valence-corrected chi connectivity index (χ3v) is 3.83. The lowest BCUT2D eigenvalue weighted by molar-refractivity contribution is 0.0617. The van der Waals surface area contributed by atoms with Gasteiger partial charge in [-0.05, 0) is 25.0 Å². The number of amides is 2. The maximum absolute atomic E-state index is 12.3. The van der Waals surface area contributed by atoms with Crippen molar-refractivity contribution in [3.05, 3.63) is 47.7 Å². The predicted molar refractivity (Wildman–Crippen MR) is 74.8 cm³/mol. The molecule has 1 aromatic rings. The maximum atomic E-state index is 12.3. The van der Waals surface area contributed by atoms with E-state index in [9.17, 15) is 9.59 Å². The van der Waals surface area contributed by atoms with Crippen LogP contribution in [0.25, 0.3) is 0 Å². The Bertz CT molecular complexity index is 589. The number of carbonyl (C=O) groups is 2. The van der Waals surface area contributed by atoms with Crippen molar-refractivity contribution in [2.75, 3.05) is 0 Å². The largest absolute Gasteiger partial charge is 0.352 e. The lowest BCUT2D eigenvalue weighted by Gasteiger charge is -2.31. The molecule has 2 amide bonds. The highest BCUT2D eigenvalue weighted by Gasteiger charge is 2.42. The van der Waals surface area contributed by atoms with E-state index in [1.165, 1.54) is 4.90 Å². The van der Waals surface area contributed by atoms with E-state index < -0.39 is 0 Å². The van der Waals surface area contributed by atoms with Crippen molar-refractivity contribution >= 4 is 29.0 Å². The summed E-state index contributed by atoms with van der Waals surface area (Å²) in [6, 6.07) is 6.49. The molecule has 0 aliphatic carbocycles. The number of thiocarbonyl (C=S) groups is 1. The topological polar surface area (TPSA) is 49.4 Å². The molecule has 2 aliphatic heterocycles. The van der Waals surface area contributed by atoms with Gasteiger partial charge in [0.15, 0.2) is 0 Å². The summed E-state index contributed by atoms with van der Waals surface area (Å²) >= 11 is 5.24. The molecule has 0 aromatic heterocycles. The molecule has 3 rings (SSSR count). The molecular weight excluding hydrogens is 260 g/mol. The highest BCUT2D eigenvalue weighted by Crippen LogP contribution is 2.28. The van der Waals surface area contributed by atoms with Gasteiger partial charge in [-0.15, -0.1) is 0 Å². The number of fused-ring (bicyclic) bond motifs is 1. The van der Waals surface area contributed by atoms with Crippen LogP contribution in [0.1, 0.15) is 33.6 Å². The van der Waals surface area contributed by atoms with Crippen LogP contribution in [0, 0.1) is 0 Å². The number of nitrogens with one attached hydrogen (secondary N) is 1. The molecule has 5 heteroatoms. The van der Waals surface area contributed by atoms with Gasteiger partial charge in [0.1, 0.15) is 4.99 Å². The highest BCUT2D eigenvalue weighted by molar-refractivity contribution is 7.80. The number of nitrogens with zero attached hydrogens (tertiary/aromatic N) is 1. The van der Waals surface area contributed by atoms with E-state index in [2.05, 4.69) is 11.9 Å². The van der Waals surface area contributed by atoms with Gasteiger partial charge in [-0.1, -0.05) is 30.9 Å². The molecule has 1 saturated heterocycles. The van der Waals surface area contributed by atoms with Gasteiger partial charge in [0, 0.05) is 5.70 Å². The van der Waals surface area contributed by atoms with Gasteiger partial charge in [0.25, 0.3) is 11.8 Å². The number of benzene rings is 1. The first-order chi connectivity index (χ1) is 9.09. The van der Waals surface area contributed by atoms with Crippen molar-refractivity contribution in [2.24, 2.45) is 0 Å². The van der Waals surface area contributed by atoms with E-state index in [1.807, 2.05) is 0 Å². The average Bonchev–Trinajstić information content (AvgIpc) is 2.64. The molecule has 1 N–H and O–H groups in total. The van der Waals surface area contributed by atoms with E-state index in [1.54, 1.807) is 24.3 Å². The number of piperidine rings is 1. The second-order valence-corrected chi connectivity index (χ2v) is 5.11. The number of hydrogen-bond acceptors (Lipinski definition) is 3. The van der Waals surface area contributed by atoms with Crippen molar-refractivity contribution in [3.8, 4) is 0 Å². The Kier molecular flexibility index (Phi) is 2.71. The number of allylic oxidation sites excluding steroid dienone is 1. The fourth-order valence-electron chi connectivity index (χ4n) is 2.50. The molecule has 1 aromatic carbocycles. The van der Waals surface area contributed by atoms with Crippen molar-refractivity contribution < 1.29 is 9.59 Å². The molecule has 0 bridgehead atoms. The first kappa shape index (κ1) is 12.0. The summed E-state index contributed by atoms with van der Waals surface area (Å²) in [5, 5.41) is 2.96. The zero-order valence-electron chi connectivity index (χ0n) is 10.2. The first-order valence-electron chi connectivity index (χ1n) is 6.05. The third-order valence-electron chi connectivity index (χ3n) is 3.46. The van der Waals surface area contributed by atoms with Crippen LogP contribution in [0.5, 0.6) is 0 Å². The lowest BCUT2D eigenvalue weighted by atomic mass is 10.0. The first-order valence-corrected chi connectivity index (χ1v) is 6.46. The van der Waals surface area contributed by atoms with Crippen LogP contribution in [-0.2, 0) is 0 Å². The van der Waals surface area contributed by atoms with Gasteiger partial charge >= 0.3 is 0 Å². The number of carbonyl (C=O) groups excluding carboxylic acids is 2. The molecule has 4 nitrogen and oxygen atoms in total. The monoisotopic (exact) mass is 272 g/mol. The molecule has 2 heterocycles. The Morgan fingerprint density at radius 3 is 2.32 bits per heavy atom. The molecule has 1 atom stereocenters. The normalized spacial score (nSPS) is 22.5. The third kappa shape index (κ3) is 1.77. The van der Waals surface area contributed by atoms with Gasteiger partial charge < -0.3 is 5.32 Å². The second-order valence-electron chi connectivity index (χ2n) is 4.67. The summed E-state index contributed by atoms with van der Waals surface area (Å²) < 4.78 is 0. The standard InChI is InChI=1S/C14H12N2O2S/c1-8-6-7-11(12(19)15-8)16-13(17)9-4-2-3-5-10(9)14(16)18/h2-5,11H,1,6-7H2,(H,15,19). The zero-order valence-corrected chi connectivity index (χ0v) is 11.0. The Morgan fingerprint density at radius 2 is 1.79 bits per heavy atom. The quantitative estimate of drug-likeness (QED) is 0.626. The zero-order chi connectivity index (χ0) is 13.6. The Hall–Kier alpha value is -2.01. The molecule has 1 unspecified atom stereocenters. The SMILES string of the molecule is C=C1CCC(N2C(=O)c3ccccc3C2=O)C(=S)N1. The summed E-state index contributed by atoms with van der Waals surface area (Å²) in [7, 11) is 0. The second kappa shape index (κ2) is 4.28. The Labute approximate surface area is 116 Å². The average molecular weight is 272 g/mol. The van der Waals surface area contributed by atoms with Crippen molar-refractivity contribution in [1.82, 2.24) is 10.2 Å². The van der Waals surface area contributed by atoms with E-state index in [4.69, 9.17) is 12.2 Å². The summed E-state index contributed by atoms with van der Waals surface area (Å²) in [5.74, 6) is -0.524. The molecule has 1 fully saturated rings. The molecule has 0 spiro atoms. The smallest absolute Gasteiger partial charge is 0.262 e. The van der Waals surface area contributed by atoms with Gasteiger partial charge in [-0.2, -0.15) is 0 Å². The summed E-state index contributed by atoms with van der Waals surface area (Å²) in [6.07, 6.45) is 1.34. The fourth-order valence-corrected chi connectivity index (χ4v) is 2.87. The molecule has 96 valence electrons. The van der Waals surface area contributed by atoms with Crippen LogP contribution in [0.2, 0.25) is 0 Å². The Morgan fingerprint density at radius 1 is 1.21 bits per heavy atom. The van der Waals surface area contributed by atoms with Gasteiger partial charge in [0.05, 0.1) is 17.2 Å². The highest BCUT2D eigenvalue weighted by atomic mass is 32.1. The van der Waals surface area contributed by atoms with E-state index >= 15 is 0 Å². The Balaban J connectivity index is 1.96. The predicted octanol–water partition coefficient (Wildman–Crippen LogP) is 1.88. The lowest BCUT2D eigenvalue weighted by Crippen LogP contribution is -2.50. The molecule has 0 radical (unpaired) electrons. The molecule has 0 saturated carbocycles. The molecule has 2 aliphatic rings. The minimum absolute atomic E-state index is 0.262. The van der Waals surface area contributed by atoms with Crippen LogP contribution >= 0.6 is 12.2 Å². The summed E-state index contributed by atoms with van der Waals surface area (Å²) in [4.78, 5) is 26.4. The van der Waals surface area contributed by atoms with Crippen LogP contribution in [0.15, 0.2) is 36.5 Å². The maximum Gasteiger partial charge on any atom is 0.262 e. The number of imide groups is 1. The van der Waals surface area contributed by atoms with Gasteiger partial charge in [-0.25, -0.2) is 0 Å². The van der Waals surface area contributed by atoms with E-state index in [-0.39, 0.29) is 17.9 Å². The molecular formula is C14H12N2O2S. The van der Waals surface area contributed by atoms with Gasteiger partial charge in [-0.3, -0.25) is 14.5 Å². The van der Waals surface area contributed by atoms with Crippen molar-refractivity contribution in [1.29, 1.82) is 0 Å². The van der Waals surface area contributed by atoms with Crippen molar-refractivity contribution in [2.45, 2.75) is 18.9 Å². The van der Waals surface area contributed by atoms with Crippen LogP contribution < -0.4 is 5.32 Å². The summed E-state index contributed by atoms with van der Waals surface area (Å²) in [5.41, 5.74) is 1.75. The van der Waals surface area contributed by atoms with E-state index in [0.717, 1.165) is 5.70 Å². The van der Waals surface area contributed by atoms with Crippen molar-refractivity contribution in [3.63, 3.8) is 0 Å². The number of hydrogen-bond donors (Lipinski definition) is 1. The van der Waals surface area contributed by atoms with E-state index in [0.29, 0.717) is 29.0 Å². The fraction of sp³-hybridized carbons (Fsp3) is 0.214. The summed E-state index contributed by atoms with van der Waals surface area (Å²) in [6.45, 7) is 3.82. The minimum Gasteiger partial charge on any atom is -0.352 e. The number of rotatable bonds is 1. The van der Waals surface area contributed by atoms with Crippen LogP contribution in [-0.4, -0.2) is 27.7 Å². The van der Waals surface area contributed by atoms with Gasteiger partial charge in [0.2, 0.25) is 0 Å². The molecule has 19 heavy (non-hydrogen) atoms. The van der Waals surface area contributed by atoms with Crippen LogP contribution in [0.4, 0.5) is 0 Å².